The first-order valence-corrected chi connectivity index (χ1v) is 12.1. The lowest BCUT2D eigenvalue weighted by Crippen LogP contribution is -2.37. The predicted molar refractivity (Wildman–Crippen MR) is 133 cm³/mol. The number of hydrogen-bond acceptors (Lipinski definition) is 9. The molecular weight excluding hydrogens is 450 g/mol. The van der Waals surface area contributed by atoms with Crippen LogP contribution in [0.5, 0.6) is 11.5 Å². The summed E-state index contributed by atoms with van der Waals surface area (Å²) in [6, 6.07) is 3.89. The molecule has 0 radical (unpaired) electrons. The highest BCUT2D eigenvalue weighted by atomic mass is 16.5. The molecule has 0 bridgehead atoms. The van der Waals surface area contributed by atoms with Crippen LogP contribution in [0.3, 0.4) is 0 Å². The maximum atomic E-state index is 12.9. The molecule has 5 rings (SSSR count). The van der Waals surface area contributed by atoms with Gasteiger partial charge in [0.2, 0.25) is 5.62 Å². The molecule has 1 aromatic heterocycles. The maximum Gasteiger partial charge on any atom is 0.259 e. The van der Waals surface area contributed by atoms with Crippen LogP contribution in [0.25, 0.3) is 10.9 Å². The number of anilines is 1. The van der Waals surface area contributed by atoms with Crippen LogP contribution in [0.2, 0.25) is 0 Å². The number of carbonyl (C=O) groups is 1. The fourth-order valence-electron chi connectivity index (χ4n) is 4.48. The summed E-state index contributed by atoms with van der Waals surface area (Å²) in [7, 11) is 1.60. The molecule has 35 heavy (non-hydrogen) atoms. The first kappa shape index (κ1) is 23.4. The van der Waals surface area contributed by atoms with E-state index in [-0.39, 0.29) is 5.91 Å². The molecule has 186 valence electrons. The molecule has 1 aromatic carbocycles. The van der Waals surface area contributed by atoms with Crippen LogP contribution < -0.4 is 20.4 Å². The van der Waals surface area contributed by atoms with Crippen molar-refractivity contribution in [3.63, 3.8) is 0 Å². The van der Waals surface area contributed by atoms with E-state index in [1.54, 1.807) is 13.3 Å². The molecular formula is C24H31N7O4. The molecule has 0 aliphatic carbocycles. The van der Waals surface area contributed by atoms with Crippen molar-refractivity contribution in [1.82, 2.24) is 14.5 Å². The van der Waals surface area contributed by atoms with Gasteiger partial charge in [0, 0.05) is 44.3 Å². The van der Waals surface area contributed by atoms with Crippen LogP contribution in [0, 0.1) is 5.92 Å². The number of ether oxygens (including phenoxy) is 3. The summed E-state index contributed by atoms with van der Waals surface area (Å²) in [5, 5.41) is 4.29. The number of rotatable bonds is 7. The van der Waals surface area contributed by atoms with Crippen molar-refractivity contribution >= 4 is 34.7 Å². The lowest BCUT2D eigenvalue weighted by molar-refractivity contribution is -0.119. The number of nitrogens with one attached hydrogen (secondary N) is 1. The highest BCUT2D eigenvalue weighted by Gasteiger charge is 2.23. The molecule has 1 amide bonds. The molecule has 11 heteroatoms. The average molecular weight is 482 g/mol. The topological polar surface area (TPSA) is 115 Å². The van der Waals surface area contributed by atoms with Gasteiger partial charge in [-0.15, -0.1) is 0 Å². The molecule has 3 aliphatic heterocycles. The molecule has 1 atom stereocenters. The summed E-state index contributed by atoms with van der Waals surface area (Å²) in [6.07, 6.45) is 2.51. The molecule has 2 aromatic rings. The normalized spacial score (nSPS) is 20.5. The molecule has 1 saturated heterocycles. The third-order valence-corrected chi connectivity index (χ3v) is 6.37. The van der Waals surface area contributed by atoms with Crippen molar-refractivity contribution in [2.24, 2.45) is 20.9 Å². The van der Waals surface area contributed by atoms with E-state index in [1.807, 2.05) is 23.6 Å². The second-order valence-corrected chi connectivity index (χ2v) is 8.71. The van der Waals surface area contributed by atoms with Crippen molar-refractivity contribution in [3.05, 3.63) is 17.8 Å². The third kappa shape index (κ3) is 5.06. The number of methoxy groups -OCH3 is 1. The van der Waals surface area contributed by atoms with Gasteiger partial charge in [0.15, 0.2) is 11.5 Å². The summed E-state index contributed by atoms with van der Waals surface area (Å²) in [6.45, 7) is 8.58. The van der Waals surface area contributed by atoms with Crippen LogP contribution in [0.4, 0.5) is 5.82 Å². The second-order valence-electron chi connectivity index (χ2n) is 8.71. The van der Waals surface area contributed by atoms with Crippen LogP contribution in [-0.2, 0) is 16.1 Å². The van der Waals surface area contributed by atoms with Gasteiger partial charge in [-0.25, -0.2) is 9.98 Å². The number of amidine groups is 1. The quantitative estimate of drug-likeness (QED) is 0.589. The van der Waals surface area contributed by atoms with Gasteiger partial charge >= 0.3 is 0 Å². The Kier molecular flexibility index (Phi) is 7.05. The predicted octanol–water partition coefficient (Wildman–Crippen LogP) is 1.12. The third-order valence-electron chi connectivity index (χ3n) is 6.37. The number of hydrogen-bond donors (Lipinski definition) is 1. The van der Waals surface area contributed by atoms with E-state index < -0.39 is 5.92 Å². The number of benzene rings is 1. The zero-order valence-corrected chi connectivity index (χ0v) is 20.2. The van der Waals surface area contributed by atoms with E-state index in [0.717, 1.165) is 57.0 Å². The van der Waals surface area contributed by atoms with Gasteiger partial charge in [-0.1, -0.05) is 0 Å². The van der Waals surface area contributed by atoms with Crippen LogP contribution >= 0.6 is 0 Å². The standard InChI is InChI=1S/C24H31N7O4/c1-16-26-14-17(15-27-16)23(32)29-24-28-20-18(22-25-6-8-31(22)24)4-5-19(21(20)33-2)35-11-3-7-30-9-12-34-13-10-30/h4-5,14,17,25H,3,6-13,15H2,1-2H3. The van der Waals surface area contributed by atoms with Gasteiger partial charge in [-0.05, 0) is 25.5 Å². The van der Waals surface area contributed by atoms with E-state index in [4.69, 9.17) is 19.2 Å². The molecule has 1 fully saturated rings. The van der Waals surface area contributed by atoms with Crippen molar-refractivity contribution in [2.45, 2.75) is 19.9 Å². The summed E-state index contributed by atoms with van der Waals surface area (Å²) < 4.78 is 19.2. The molecule has 11 nitrogen and oxygen atoms in total. The van der Waals surface area contributed by atoms with Gasteiger partial charge in [0.05, 0.1) is 39.4 Å². The van der Waals surface area contributed by atoms with Crippen LogP contribution in [-0.4, -0.2) is 92.1 Å². The number of fused-ring (bicyclic) bond motifs is 3. The number of nitrogens with zero attached hydrogens (tertiary/aromatic N) is 6. The van der Waals surface area contributed by atoms with E-state index in [1.165, 1.54) is 0 Å². The number of carbonyl (C=O) groups excluding carboxylic acids is 1. The minimum Gasteiger partial charge on any atom is -0.491 e. The Hall–Kier alpha value is -3.31. The van der Waals surface area contributed by atoms with Gasteiger partial charge in [-0.3, -0.25) is 19.3 Å². The van der Waals surface area contributed by atoms with Gasteiger partial charge in [0.1, 0.15) is 17.2 Å². The highest BCUT2D eigenvalue weighted by Crippen LogP contribution is 2.37. The van der Waals surface area contributed by atoms with Crippen molar-refractivity contribution in [1.29, 1.82) is 0 Å². The zero-order chi connectivity index (χ0) is 24.2. The van der Waals surface area contributed by atoms with Crippen molar-refractivity contribution < 1.29 is 19.0 Å². The monoisotopic (exact) mass is 481 g/mol. The maximum absolute atomic E-state index is 12.9. The Balaban J connectivity index is 1.41. The zero-order valence-electron chi connectivity index (χ0n) is 20.2. The van der Waals surface area contributed by atoms with Crippen molar-refractivity contribution in [2.75, 3.05) is 65.0 Å². The van der Waals surface area contributed by atoms with E-state index in [9.17, 15) is 4.79 Å². The van der Waals surface area contributed by atoms with Gasteiger partial charge in [0.25, 0.3) is 5.91 Å². The molecule has 0 spiro atoms. The highest BCUT2D eigenvalue weighted by molar-refractivity contribution is 6.01. The number of morpholine rings is 1. The van der Waals surface area contributed by atoms with Crippen LogP contribution in [0.1, 0.15) is 13.3 Å². The Bertz CT molecular complexity index is 1230. The summed E-state index contributed by atoms with van der Waals surface area (Å²) in [5.74, 6) is 1.90. The Morgan fingerprint density at radius 1 is 1.29 bits per heavy atom. The second kappa shape index (κ2) is 10.5. The SMILES string of the molecule is COc1c(OCCCN2CCOCC2)ccc2c3n(c(=NC(=O)C4C=NC(C)=NC4)nc12)CCN3. The van der Waals surface area contributed by atoms with Crippen LogP contribution in [0.15, 0.2) is 27.1 Å². The molecule has 1 unspecified atom stereocenters. The number of aliphatic imine (C=N–C) groups is 2. The van der Waals surface area contributed by atoms with Crippen molar-refractivity contribution in [3.8, 4) is 11.5 Å². The smallest absolute Gasteiger partial charge is 0.259 e. The Labute approximate surface area is 203 Å². The molecule has 4 heterocycles. The molecule has 1 N–H and O–H groups in total. The lowest BCUT2D eigenvalue weighted by atomic mass is 10.1. The molecule has 0 saturated carbocycles. The Morgan fingerprint density at radius 3 is 2.91 bits per heavy atom. The minimum absolute atomic E-state index is 0.312. The Morgan fingerprint density at radius 2 is 2.14 bits per heavy atom. The summed E-state index contributed by atoms with van der Waals surface area (Å²) >= 11 is 0. The summed E-state index contributed by atoms with van der Waals surface area (Å²) in [5.41, 5.74) is 0.946. The lowest BCUT2D eigenvalue weighted by Gasteiger charge is -2.26. The van der Waals surface area contributed by atoms with E-state index in [2.05, 4.69) is 25.2 Å². The number of amides is 1. The van der Waals surface area contributed by atoms with Gasteiger partial charge in [-0.2, -0.15) is 4.99 Å². The average Bonchev–Trinajstić information content (AvgIpc) is 3.38. The van der Waals surface area contributed by atoms with E-state index >= 15 is 0 Å². The first-order chi connectivity index (χ1) is 17.1. The number of aromatic nitrogens is 2. The van der Waals surface area contributed by atoms with E-state index in [0.29, 0.717) is 48.2 Å². The minimum atomic E-state index is -0.482. The first-order valence-electron chi connectivity index (χ1n) is 12.1. The van der Waals surface area contributed by atoms with Gasteiger partial charge < -0.3 is 19.5 Å². The molecule has 3 aliphatic rings. The fraction of sp³-hybridized carbons (Fsp3) is 0.542. The largest absolute Gasteiger partial charge is 0.491 e. The summed E-state index contributed by atoms with van der Waals surface area (Å²) in [4.78, 5) is 32.8. The fourth-order valence-corrected chi connectivity index (χ4v) is 4.48.